The molecule has 64 heavy (non-hydrogen) atoms. The summed E-state index contributed by atoms with van der Waals surface area (Å²) in [6.45, 7) is 27.8. The molecule has 0 amide bonds. The van der Waals surface area contributed by atoms with E-state index in [0.29, 0.717) is 96.1 Å². The van der Waals surface area contributed by atoms with Crippen molar-refractivity contribution in [3.8, 4) is 23.0 Å². The van der Waals surface area contributed by atoms with Crippen LogP contribution in [0.2, 0.25) is 0 Å². The molecule has 0 saturated heterocycles. The summed E-state index contributed by atoms with van der Waals surface area (Å²) in [5.74, 6) is 6.40. The van der Waals surface area contributed by atoms with Gasteiger partial charge in [-0.15, -0.1) is 0 Å². The monoisotopic (exact) mass is 856 g/mol. The highest BCUT2D eigenvalue weighted by molar-refractivity contribution is 6.35. The Kier molecular flexibility index (Phi) is 10.4. The van der Waals surface area contributed by atoms with Crippen LogP contribution < -0.4 is 18.9 Å². The lowest BCUT2D eigenvalue weighted by Crippen LogP contribution is -2.17. The Bertz CT molecular complexity index is 2470. The zero-order chi connectivity index (χ0) is 45.3. The Morgan fingerprint density at radius 1 is 0.266 bits per heavy atom. The topological polar surface area (TPSA) is 136 Å². The highest BCUT2D eigenvalue weighted by atomic mass is 16.5. The van der Waals surface area contributed by atoms with Gasteiger partial charge in [-0.3, -0.25) is 0 Å². The fraction of sp³-hybridized carbons (Fsp3) is 0.385. The zero-order valence-electron chi connectivity index (χ0n) is 39.0. The van der Waals surface area contributed by atoms with Gasteiger partial charge in [0.2, 0.25) is 0 Å². The molecule has 12 heteroatoms. The first-order chi connectivity index (χ1) is 30.1. The van der Waals surface area contributed by atoms with Gasteiger partial charge in [-0.2, -0.15) is 0 Å². The van der Waals surface area contributed by atoms with Gasteiger partial charge in [-0.1, -0.05) is 83.1 Å². The highest BCUT2D eigenvalue weighted by Gasteiger charge is 2.33. The second-order valence-electron chi connectivity index (χ2n) is 21.7. The van der Waals surface area contributed by atoms with Crippen molar-refractivity contribution in [1.82, 2.24) is 0 Å². The Hall–Kier alpha value is -6.56. The summed E-state index contributed by atoms with van der Waals surface area (Å²) in [7, 11) is 0. The molecule has 0 aromatic heterocycles. The molecular formula is C52H56N8O4. The van der Waals surface area contributed by atoms with Gasteiger partial charge in [-0.25, -0.2) is 39.9 Å². The molecule has 9 rings (SSSR count). The Morgan fingerprint density at radius 2 is 0.438 bits per heavy atom. The second kappa shape index (κ2) is 15.6. The molecule has 4 aromatic rings. The van der Waals surface area contributed by atoms with Gasteiger partial charge >= 0.3 is 0 Å². The lowest BCUT2D eigenvalue weighted by atomic mass is 9.98. The number of nitrogens with zero attached hydrogens (tertiary/aromatic N) is 8. The van der Waals surface area contributed by atoms with Crippen LogP contribution in [0.3, 0.4) is 0 Å². The van der Waals surface area contributed by atoms with Crippen molar-refractivity contribution in [2.24, 2.45) is 61.6 Å². The predicted octanol–water partition coefficient (Wildman–Crippen LogP) is 10.5. The van der Waals surface area contributed by atoms with Crippen LogP contribution in [0.5, 0.6) is 23.0 Å². The summed E-state index contributed by atoms with van der Waals surface area (Å²) >= 11 is 0. The SMILES string of the molecule is CC(C)(C)COc1ccc2c(c1)C1=NC2=NC2=NC(=NC3=NC(=NC4=NC(=N1)c1ccc(OCC(C)(C)C)cc14)c1ccc(OCC(C)(C)C)cc13)c1ccc(OCC(C)(C)C)cc12. The average Bonchev–Trinajstić information content (AvgIpc) is 3.94. The van der Waals surface area contributed by atoms with Gasteiger partial charge < -0.3 is 18.9 Å². The van der Waals surface area contributed by atoms with Crippen LogP contribution in [-0.4, -0.2) is 73.1 Å². The van der Waals surface area contributed by atoms with E-state index in [0.717, 1.165) is 44.5 Å². The van der Waals surface area contributed by atoms with Gasteiger partial charge in [0.25, 0.3) is 0 Å². The molecule has 8 bridgehead atoms. The lowest BCUT2D eigenvalue weighted by molar-refractivity contribution is 0.198. The van der Waals surface area contributed by atoms with Crippen molar-refractivity contribution in [2.45, 2.75) is 83.1 Å². The van der Waals surface area contributed by atoms with Gasteiger partial charge in [0.15, 0.2) is 46.7 Å². The Labute approximate surface area is 375 Å². The quantitative estimate of drug-likeness (QED) is 0.174. The number of fused-ring (bicyclic) bond motifs is 16. The number of amidine groups is 8. The van der Waals surface area contributed by atoms with Gasteiger partial charge in [0.1, 0.15) is 23.0 Å². The van der Waals surface area contributed by atoms with E-state index in [1.807, 2.05) is 72.8 Å². The highest BCUT2D eigenvalue weighted by Crippen LogP contribution is 2.35. The van der Waals surface area contributed by atoms with Crippen LogP contribution >= 0.6 is 0 Å². The molecule has 5 aliphatic rings. The van der Waals surface area contributed by atoms with Crippen molar-refractivity contribution in [2.75, 3.05) is 26.4 Å². The predicted molar refractivity (Wildman–Crippen MR) is 258 cm³/mol. The fourth-order valence-electron chi connectivity index (χ4n) is 7.14. The van der Waals surface area contributed by atoms with Crippen LogP contribution in [0.15, 0.2) is 113 Å². The van der Waals surface area contributed by atoms with E-state index in [2.05, 4.69) is 83.1 Å². The molecule has 328 valence electrons. The summed E-state index contributed by atoms with van der Waals surface area (Å²) < 4.78 is 25.2. The van der Waals surface area contributed by atoms with E-state index in [9.17, 15) is 0 Å². The van der Waals surface area contributed by atoms with Gasteiger partial charge in [-0.05, 0) is 94.5 Å². The van der Waals surface area contributed by atoms with Crippen LogP contribution in [0.1, 0.15) is 128 Å². The van der Waals surface area contributed by atoms with E-state index in [-0.39, 0.29) is 21.7 Å². The van der Waals surface area contributed by atoms with Gasteiger partial charge in [0.05, 0.1) is 26.4 Å². The van der Waals surface area contributed by atoms with E-state index < -0.39 is 0 Å². The van der Waals surface area contributed by atoms with Crippen LogP contribution in [-0.2, 0) is 0 Å². The summed E-state index contributed by atoms with van der Waals surface area (Å²) in [6, 6.07) is 23.6. The third-order valence-corrected chi connectivity index (χ3v) is 10.3. The van der Waals surface area contributed by atoms with Crippen LogP contribution in [0, 0.1) is 21.7 Å². The zero-order valence-corrected chi connectivity index (χ0v) is 39.0. The molecule has 0 unspecified atom stereocenters. The number of hydrogen-bond donors (Lipinski definition) is 0. The number of benzene rings is 4. The number of rotatable bonds is 8. The molecule has 0 spiro atoms. The van der Waals surface area contributed by atoms with Crippen molar-refractivity contribution >= 4 is 46.7 Å². The van der Waals surface area contributed by atoms with Crippen LogP contribution in [0.4, 0.5) is 0 Å². The summed E-state index contributed by atoms with van der Waals surface area (Å²) in [4.78, 5) is 41.2. The molecule has 5 aliphatic heterocycles. The standard InChI is InChI=1S/C52H56N8O4/c1-49(2,3)25-61-29-13-17-33-37(21-29)45-53-41(33)58-46-39-23-31(63-27-51(7,8)9)15-19-35(39)43(55-46)60-48-40-24-32(64-28-52(10,11)12)16-20-36(40)44(56-48)59-47-38-22-30(62-26-50(4,5)6)14-18-34(38)42(54-47)57-45/h13-24H,25-28H2,1-12H3. The third kappa shape index (κ3) is 9.23. The first-order valence-electron chi connectivity index (χ1n) is 21.9. The van der Waals surface area contributed by atoms with E-state index in [1.54, 1.807) is 0 Å². The first-order valence-corrected chi connectivity index (χ1v) is 21.9. The Morgan fingerprint density at radius 3 is 0.609 bits per heavy atom. The number of hydrogen-bond acceptors (Lipinski definition) is 12. The average molecular weight is 857 g/mol. The minimum Gasteiger partial charge on any atom is -0.493 e. The first kappa shape index (κ1) is 42.7. The minimum absolute atomic E-state index is 0.0440. The molecular weight excluding hydrogens is 801 g/mol. The molecule has 0 N–H and O–H groups in total. The molecule has 0 fully saturated rings. The largest absolute Gasteiger partial charge is 0.493 e. The van der Waals surface area contributed by atoms with E-state index in [4.69, 9.17) is 58.9 Å². The maximum absolute atomic E-state index is 6.31. The molecule has 0 atom stereocenters. The minimum atomic E-state index is -0.0440. The smallest absolute Gasteiger partial charge is 0.164 e. The van der Waals surface area contributed by atoms with E-state index in [1.165, 1.54) is 0 Å². The maximum atomic E-state index is 6.31. The molecule has 0 aliphatic carbocycles. The Balaban J connectivity index is 1.25. The molecule has 5 heterocycles. The fourth-order valence-corrected chi connectivity index (χ4v) is 7.14. The molecule has 0 saturated carbocycles. The van der Waals surface area contributed by atoms with Gasteiger partial charge in [0, 0.05) is 44.5 Å². The normalized spacial score (nSPS) is 16.2. The molecule has 0 radical (unpaired) electrons. The lowest BCUT2D eigenvalue weighted by Gasteiger charge is -2.19. The van der Waals surface area contributed by atoms with Crippen LogP contribution in [0.25, 0.3) is 0 Å². The van der Waals surface area contributed by atoms with Crippen molar-refractivity contribution < 1.29 is 18.9 Å². The van der Waals surface area contributed by atoms with Crippen molar-refractivity contribution in [3.05, 3.63) is 117 Å². The summed E-state index contributed by atoms with van der Waals surface area (Å²) in [5, 5.41) is 0. The summed E-state index contributed by atoms with van der Waals surface area (Å²) in [5.41, 5.74) is 6.03. The maximum Gasteiger partial charge on any atom is 0.164 e. The third-order valence-electron chi connectivity index (χ3n) is 10.3. The summed E-state index contributed by atoms with van der Waals surface area (Å²) in [6.07, 6.45) is 0. The number of aliphatic imine (C=N–C) groups is 8. The van der Waals surface area contributed by atoms with Crippen molar-refractivity contribution in [3.63, 3.8) is 0 Å². The molecule has 4 aromatic carbocycles. The van der Waals surface area contributed by atoms with Crippen molar-refractivity contribution in [1.29, 1.82) is 0 Å². The number of ether oxygens (including phenoxy) is 4. The second-order valence-corrected chi connectivity index (χ2v) is 21.7. The van der Waals surface area contributed by atoms with E-state index >= 15 is 0 Å². The molecule has 12 nitrogen and oxygen atoms in total.